The highest BCUT2D eigenvalue weighted by Gasteiger charge is 2.32. The summed E-state index contributed by atoms with van der Waals surface area (Å²) in [6, 6.07) is 2.68. The van der Waals surface area contributed by atoms with Crippen LogP contribution < -0.4 is 5.32 Å². The van der Waals surface area contributed by atoms with E-state index in [2.05, 4.69) is 20.4 Å². The number of halogens is 6. The van der Waals surface area contributed by atoms with Crippen molar-refractivity contribution in [2.75, 3.05) is 0 Å². The van der Waals surface area contributed by atoms with E-state index in [0.717, 1.165) is 23.1 Å². The van der Waals surface area contributed by atoms with Crippen molar-refractivity contribution in [2.24, 2.45) is 0 Å². The summed E-state index contributed by atoms with van der Waals surface area (Å²) in [6.45, 7) is 1.50. The van der Waals surface area contributed by atoms with E-state index in [-0.39, 0.29) is 27.3 Å². The minimum absolute atomic E-state index is 0.0793. The molecule has 2 heterocycles. The van der Waals surface area contributed by atoms with Gasteiger partial charge in [0, 0.05) is 16.8 Å². The van der Waals surface area contributed by atoms with Crippen LogP contribution >= 0.6 is 23.2 Å². The number of carbonyl (C=O) groups excluding carboxylic acids is 1. The molecule has 6 nitrogen and oxygen atoms in total. The minimum atomic E-state index is -4.66. The largest absolute Gasteiger partial charge is 0.416 e. The van der Waals surface area contributed by atoms with Crippen molar-refractivity contribution in [1.29, 1.82) is 0 Å². The molecular weight excluding hydrogens is 437 g/mol. The number of benzene rings is 1. The van der Waals surface area contributed by atoms with Crippen molar-refractivity contribution in [3.05, 3.63) is 69.6 Å². The molecular formula is C17H11Cl2F4N5O. The first-order chi connectivity index (χ1) is 13.6. The summed E-state index contributed by atoms with van der Waals surface area (Å²) in [4.78, 5) is 20.3. The lowest BCUT2D eigenvalue weighted by molar-refractivity contribution is -0.137. The van der Waals surface area contributed by atoms with Crippen LogP contribution in [0.1, 0.15) is 34.7 Å². The van der Waals surface area contributed by atoms with Crippen LogP contribution in [0.15, 0.2) is 36.8 Å². The molecule has 1 amide bonds. The third-order valence-electron chi connectivity index (χ3n) is 3.79. The Morgan fingerprint density at radius 1 is 1.14 bits per heavy atom. The van der Waals surface area contributed by atoms with Crippen LogP contribution in [-0.2, 0) is 6.18 Å². The SMILES string of the molecule is C[C@H](NC(=O)c1cc(Cl)cc(C(F)(F)F)c1)c1ncnn1-c1ncc(Cl)cc1F. The average Bonchev–Trinajstić information content (AvgIpc) is 3.10. The standard InChI is InChI=1S/C17H11Cl2F4N5O/c1-8(14-25-7-26-28(14)15-13(20)5-12(19)6-24-15)27-16(29)9-2-10(17(21,22)23)4-11(18)3-9/h2-8H,1H3,(H,27,29)/t8-/m0/s1. The van der Waals surface area contributed by atoms with Gasteiger partial charge in [-0.05, 0) is 31.2 Å². The summed E-state index contributed by atoms with van der Waals surface area (Å²) in [5, 5.41) is 6.20. The van der Waals surface area contributed by atoms with E-state index in [1.165, 1.54) is 13.1 Å². The molecule has 2 aromatic heterocycles. The Morgan fingerprint density at radius 3 is 2.52 bits per heavy atom. The number of rotatable bonds is 4. The van der Waals surface area contributed by atoms with E-state index in [1.54, 1.807) is 0 Å². The van der Waals surface area contributed by atoms with Crippen LogP contribution in [0.2, 0.25) is 10.0 Å². The number of hydrogen-bond donors (Lipinski definition) is 1. The van der Waals surface area contributed by atoms with Gasteiger partial charge in [-0.2, -0.15) is 23.0 Å². The van der Waals surface area contributed by atoms with Gasteiger partial charge in [0.15, 0.2) is 17.5 Å². The molecule has 0 radical (unpaired) electrons. The average molecular weight is 448 g/mol. The Bertz CT molecular complexity index is 1070. The van der Waals surface area contributed by atoms with E-state index < -0.39 is 29.5 Å². The molecule has 0 bridgehead atoms. The van der Waals surface area contributed by atoms with Crippen LogP contribution in [0.25, 0.3) is 5.82 Å². The molecule has 1 atom stereocenters. The Kier molecular flexibility index (Phi) is 5.76. The monoisotopic (exact) mass is 447 g/mol. The molecule has 29 heavy (non-hydrogen) atoms. The van der Waals surface area contributed by atoms with Gasteiger partial charge < -0.3 is 5.32 Å². The first-order valence-electron chi connectivity index (χ1n) is 7.96. The van der Waals surface area contributed by atoms with Gasteiger partial charge in [0.2, 0.25) is 0 Å². The van der Waals surface area contributed by atoms with Crippen molar-refractivity contribution in [3.63, 3.8) is 0 Å². The molecule has 3 rings (SSSR count). The maximum atomic E-state index is 14.1. The van der Waals surface area contributed by atoms with E-state index in [0.29, 0.717) is 12.1 Å². The van der Waals surface area contributed by atoms with Crippen LogP contribution in [0.3, 0.4) is 0 Å². The summed E-state index contributed by atoms with van der Waals surface area (Å²) < 4.78 is 54.0. The predicted octanol–water partition coefficient (Wildman–Crippen LogP) is 4.62. The quantitative estimate of drug-likeness (QED) is 0.592. The fourth-order valence-corrected chi connectivity index (χ4v) is 2.88. The number of pyridine rings is 1. The number of amides is 1. The summed E-state index contributed by atoms with van der Waals surface area (Å²) in [7, 11) is 0. The zero-order valence-electron chi connectivity index (χ0n) is 14.5. The second kappa shape index (κ2) is 7.96. The number of aromatic nitrogens is 4. The van der Waals surface area contributed by atoms with Gasteiger partial charge in [-0.15, -0.1) is 0 Å². The van der Waals surface area contributed by atoms with Gasteiger partial charge in [0.05, 0.1) is 16.6 Å². The van der Waals surface area contributed by atoms with Crippen molar-refractivity contribution in [2.45, 2.75) is 19.1 Å². The van der Waals surface area contributed by atoms with Gasteiger partial charge in [-0.1, -0.05) is 23.2 Å². The zero-order valence-corrected chi connectivity index (χ0v) is 16.0. The van der Waals surface area contributed by atoms with Crippen LogP contribution in [0.5, 0.6) is 0 Å². The lowest BCUT2D eigenvalue weighted by atomic mass is 10.1. The molecule has 3 aromatic rings. The van der Waals surface area contributed by atoms with E-state index in [1.807, 2.05) is 0 Å². The third-order valence-corrected chi connectivity index (χ3v) is 4.21. The Hall–Kier alpha value is -2.72. The number of alkyl halides is 3. The molecule has 0 unspecified atom stereocenters. The van der Waals surface area contributed by atoms with Gasteiger partial charge >= 0.3 is 6.18 Å². The number of hydrogen-bond acceptors (Lipinski definition) is 4. The highest BCUT2D eigenvalue weighted by Crippen LogP contribution is 2.32. The molecule has 1 aromatic carbocycles. The summed E-state index contributed by atoms with van der Waals surface area (Å²) in [6.07, 6.45) is -2.34. The molecule has 12 heteroatoms. The summed E-state index contributed by atoms with van der Waals surface area (Å²) in [5.74, 6) is -1.70. The number of nitrogens with zero attached hydrogens (tertiary/aromatic N) is 4. The van der Waals surface area contributed by atoms with E-state index in [4.69, 9.17) is 23.2 Å². The first kappa shape index (κ1) is 21.0. The van der Waals surface area contributed by atoms with Gasteiger partial charge in [0.1, 0.15) is 6.33 Å². The molecule has 152 valence electrons. The predicted molar refractivity (Wildman–Crippen MR) is 96.5 cm³/mol. The zero-order chi connectivity index (χ0) is 21.3. The maximum Gasteiger partial charge on any atom is 0.416 e. The van der Waals surface area contributed by atoms with Crippen LogP contribution in [-0.4, -0.2) is 25.7 Å². The smallest absolute Gasteiger partial charge is 0.342 e. The second-order valence-corrected chi connectivity index (χ2v) is 6.78. The highest BCUT2D eigenvalue weighted by atomic mass is 35.5. The Morgan fingerprint density at radius 2 is 1.86 bits per heavy atom. The summed E-state index contributed by atoms with van der Waals surface area (Å²) >= 11 is 11.4. The molecule has 0 saturated heterocycles. The normalized spacial score (nSPS) is 12.7. The van der Waals surface area contributed by atoms with Crippen molar-refractivity contribution < 1.29 is 22.4 Å². The Labute approximate surface area is 171 Å². The molecule has 1 N–H and O–H groups in total. The minimum Gasteiger partial charge on any atom is -0.342 e. The van der Waals surface area contributed by atoms with Crippen molar-refractivity contribution in [3.8, 4) is 5.82 Å². The lowest BCUT2D eigenvalue weighted by Gasteiger charge is -2.15. The fraction of sp³-hybridized carbons (Fsp3) is 0.176. The lowest BCUT2D eigenvalue weighted by Crippen LogP contribution is -2.29. The third kappa shape index (κ3) is 4.65. The number of nitrogens with one attached hydrogen (secondary N) is 1. The Balaban J connectivity index is 1.87. The van der Waals surface area contributed by atoms with E-state index in [9.17, 15) is 22.4 Å². The highest BCUT2D eigenvalue weighted by molar-refractivity contribution is 6.31. The van der Waals surface area contributed by atoms with Gasteiger partial charge in [-0.3, -0.25) is 4.79 Å². The van der Waals surface area contributed by atoms with E-state index >= 15 is 0 Å². The van der Waals surface area contributed by atoms with Crippen LogP contribution in [0.4, 0.5) is 17.6 Å². The summed E-state index contributed by atoms with van der Waals surface area (Å²) in [5.41, 5.74) is -1.35. The van der Waals surface area contributed by atoms with Gasteiger partial charge in [-0.25, -0.2) is 14.4 Å². The first-order valence-corrected chi connectivity index (χ1v) is 8.72. The molecule has 0 fully saturated rings. The van der Waals surface area contributed by atoms with Crippen molar-refractivity contribution in [1.82, 2.24) is 25.1 Å². The van der Waals surface area contributed by atoms with Gasteiger partial charge in [0.25, 0.3) is 5.91 Å². The van der Waals surface area contributed by atoms with Crippen LogP contribution in [0, 0.1) is 5.82 Å². The van der Waals surface area contributed by atoms with Crippen molar-refractivity contribution >= 4 is 29.1 Å². The fourth-order valence-electron chi connectivity index (χ4n) is 2.50. The second-order valence-electron chi connectivity index (χ2n) is 5.91. The number of carbonyl (C=O) groups is 1. The molecule has 0 aliphatic rings. The molecule has 0 spiro atoms. The topological polar surface area (TPSA) is 72.7 Å². The molecule has 0 aliphatic heterocycles. The molecule has 0 saturated carbocycles. The maximum absolute atomic E-state index is 14.1. The molecule has 0 aliphatic carbocycles.